The number of amides is 1. The molecule has 1 amide bonds. The Bertz CT molecular complexity index is 504. The summed E-state index contributed by atoms with van der Waals surface area (Å²) in [4.78, 5) is 24.9. The number of aliphatic carboxylic acids is 1. The van der Waals surface area contributed by atoms with Crippen LogP contribution in [-0.2, 0) is 4.79 Å². The van der Waals surface area contributed by atoms with Crippen LogP contribution in [0.15, 0.2) is 28.7 Å². The monoisotopic (exact) mass is 339 g/mol. The minimum absolute atomic E-state index is 0.0336. The fourth-order valence-electron chi connectivity index (χ4n) is 2.62. The Labute approximate surface area is 126 Å². The van der Waals surface area contributed by atoms with E-state index in [1.165, 1.54) is 0 Å². The predicted molar refractivity (Wildman–Crippen MR) is 79.6 cm³/mol. The SMILES string of the molecule is O=C(O)CC[C@@H]1CCCN(C(=O)c2cccc(Br)c2)C1. The average Bonchev–Trinajstić information content (AvgIpc) is 2.44. The quantitative estimate of drug-likeness (QED) is 0.916. The number of rotatable bonds is 4. The van der Waals surface area contributed by atoms with Gasteiger partial charge in [0.25, 0.3) is 5.91 Å². The summed E-state index contributed by atoms with van der Waals surface area (Å²) in [6.07, 6.45) is 2.79. The maximum Gasteiger partial charge on any atom is 0.303 e. The molecule has 1 N–H and O–H groups in total. The van der Waals surface area contributed by atoms with E-state index in [2.05, 4.69) is 15.9 Å². The first-order valence-electron chi connectivity index (χ1n) is 6.83. The van der Waals surface area contributed by atoms with Crippen LogP contribution in [0, 0.1) is 5.92 Å². The molecule has 5 heteroatoms. The van der Waals surface area contributed by atoms with Gasteiger partial charge >= 0.3 is 5.97 Å². The third-order valence-corrected chi connectivity index (χ3v) is 4.14. The highest BCUT2D eigenvalue weighted by Gasteiger charge is 2.24. The molecule has 0 aliphatic carbocycles. The number of halogens is 1. The number of carboxylic acid groups (broad SMARTS) is 1. The minimum atomic E-state index is -0.763. The molecule has 4 nitrogen and oxygen atoms in total. The number of likely N-dealkylation sites (tertiary alicyclic amines) is 1. The van der Waals surface area contributed by atoms with Gasteiger partial charge in [0.15, 0.2) is 0 Å². The van der Waals surface area contributed by atoms with Crippen LogP contribution >= 0.6 is 15.9 Å². The number of nitrogens with zero attached hydrogens (tertiary/aromatic N) is 1. The summed E-state index contributed by atoms with van der Waals surface area (Å²) < 4.78 is 0.891. The number of carboxylic acids is 1. The van der Waals surface area contributed by atoms with E-state index in [4.69, 9.17) is 5.11 Å². The van der Waals surface area contributed by atoms with Crippen molar-refractivity contribution in [2.24, 2.45) is 5.92 Å². The van der Waals surface area contributed by atoms with Gasteiger partial charge in [-0.15, -0.1) is 0 Å². The zero-order valence-corrected chi connectivity index (χ0v) is 12.8. The molecule has 1 aliphatic heterocycles. The van der Waals surface area contributed by atoms with Crippen molar-refractivity contribution in [3.05, 3.63) is 34.3 Å². The molecule has 1 aromatic rings. The van der Waals surface area contributed by atoms with E-state index < -0.39 is 5.97 Å². The van der Waals surface area contributed by atoms with E-state index in [9.17, 15) is 9.59 Å². The summed E-state index contributed by atoms with van der Waals surface area (Å²) in [6, 6.07) is 7.38. The second-order valence-corrected chi connectivity index (χ2v) is 6.12. The molecule has 0 unspecified atom stereocenters. The Balaban J connectivity index is 1.98. The van der Waals surface area contributed by atoms with E-state index in [0.717, 1.165) is 23.9 Å². The molecule has 1 atom stereocenters. The van der Waals surface area contributed by atoms with Crippen LogP contribution in [0.4, 0.5) is 0 Å². The van der Waals surface area contributed by atoms with Crippen molar-refractivity contribution in [2.45, 2.75) is 25.7 Å². The minimum Gasteiger partial charge on any atom is -0.481 e. The number of hydrogen-bond acceptors (Lipinski definition) is 2. The Morgan fingerprint density at radius 3 is 2.90 bits per heavy atom. The molecule has 0 saturated carbocycles. The van der Waals surface area contributed by atoms with Crippen LogP contribution < -0.4 is 0 Å². The van der Waals surface area contributed by atoms with Crippen LogP contribution in [0.1, 0.15) is 36.0 Å². The summed E-state index contributed by atoms with van der Waals surface area (Å²) in [6.45, 7) is 1.42. The van der Waals surface area contributed by atoms with Gasteiger partial charge in [0.1, 0.15) is 0 Å². The zero-order valence-electron chi connectivity index (χ0n) is 11.2. The molecular weight excluding hydrogens is 322 g/mol. The van der Waals surface area contributed by atoms with Gasteiger partial charge in [0, 0.05) is 29.5 Å². The van der Waals surface area contributed by atoms with Crippen molar-refractivity contribution in [3.63, 3.8) is 0 Å². The van der Waals surface area contributed by atoms with Crippen molar-refractivity contribution in [3.8, 4) is 0 Å². The molecule has 0 bridgehead atoms. The lowest BCUT2D eigenvalue weighted by molar-refractivity contribution is -0.137. The fourth-order valence-corrected chi connectivity index (χ4v) is 3.02. The molecule has 0 aromatic heterocycles. The van der Waals surface area contributed by atoms with Crippen LogP contribution in [0.2, 0.25) is 0 Å². The van der Waals surface area contributed by atoms with E-state index in [-0.39, 0.29) is 12.3 Å². The number of carbonyl (C=O) groups is 2. The number of hydrogen-bond donors (Lipinski definition) is 1. The lowest BCUT2D eigenvalue weighted by Crippen LogP contribution is -2.40. The summed E-state index contributed by atoms with van der Waals surface area (Å²) in [5, 5.41) is 8.74. The van der Waals surface area contributed by atoms with Gasteiger partial charge in [-0.3, -0.25) is 9.59 Å². The van der Waals surface area contributed by atoms with E-state index >= 15 is 0 Å². The Hall–Kier alpha value is -1.36. The Morgan fingerprint density at radius 1 is 1.40 bits per heavy atom. The molecule has 0 spiro atoms. The second kappa shape index (κ2) is 6.88. The first-order valence-corrected chi connectivity index (χ1v) is 7.62. The van der Waals surface area contributed by atoms with E-state index in [1.54, 1.807) is 0 Å². The van der Waals surface area contributed by atoms with Crippen molar-refractivity contribution in [1.29, 1.82) is 0 Å². The number of piperidine rings is 1. The second-order valence-electron chi connectivity index (χ2n) is 5.20. The average molecular weight is 340 g/mol. The number of benzene rings is 1. The summed E-state index contributed by atoms with van der Waals surface area (Å²) in [5.74, 6) is -0.428. The summed E-state index contributed by atoms with van der Waals surface area (Å²) >= 11 is 3.37. The predicted octanol–water partition coefficient (Wildman–Crippen LogP) is 3.17. The van der Waals surface area contributed by atoms with Crippen molar-refractivity contribution in [1.82, 2.24) is 4.90 Å². The van der Waals surface area contributed by atoms with Crippen LogP contribution in [-0.4, -0.2) is 35.0 Å². The topological polar surface area (TPSA) is 57.6 Å². The maximum absolute atomic E-state index is 12.4. The van der Waals surface area contributed by atoms with Gasteiger partial charge in [0.2, 0.25) is 0 Å². The normalized spacial score (nSPS) is 18.9. The zero-order chi connectivity index (χ0) is 14.5. The molecule has 2 rings (SSSR count). The summed E-state index contributed by atoms with van der Waals surface area (Å²) in [5.41, 5.74) is 0.679. The molecule has 0 radical (unpaired) electrons. The molecule has 20 heavy (non-hydrogen) atoms. The first-order chi connectivity index (χ1) is 9.56. The van der Waals surface area contributed by atoms with Gasteiger partial charge < -0.3 is 10.0 Å². The first kappa shape index (κ1) is 15.0. The molecule has 1 fully saturated rings. The molecule has 108 valence electrons. The molecule has 1 heterocycles. The Kier molecular flexibility index (Phi) is 5.17. The van der Waals surface area contributed by atoms with E-state index in [0.29, 0.717) is 24.4 Å². The third kappa shape index (κ3) is 4.07. The van der Waals surface area contributed by atoms with Crippen molar-refractivity contribution in [2.75, 3.05) is 13.1 Å². The highest BCUT2D eigenvalue weighted by atomic mass is 79.9. The van der Waals surface area contributed by atoms with Gasteiger partial charge in [0.05, 0.1) is 0 Å². The fraction of sp³-hybridized carbons (Fsp3) is 0.467. The molecule has 1 aliphatic rings. The molecular formula is C15H18BrNO3. The molecule has 1 saturated heterocycles. The largest absolute Gasteiger partial charge is 0.481 e. The van der Waals surface area contributed by atoms with Crippen molar-refractivity contribution < 1.29 is 14.7 Å². The van der Waals surface area contributed by atoms with Gasteiger partial charge in [-0.05, 0) is 43.4 Å². The molecule has 1 aromatic carbocycles. The summed E-state index contributed by atoms with van der Waals surface area (Å²) in [7, 11) is 0. The maximum atomic E-state index is 12.4. The lowest BCUT2D eigenvalue weighted by Gasteiger charge is -2.32. The third-order valence-electron chi connectivity index (χ3n) is 3.64. The van der Waals surface area contributed by atoms with Gasteiger partial charge in [-0.1, -0.05) is 22.0 Å². The van der Waals surface area contributed by atoms with Gasteiger partial charge in [-0.25, -0.2) is 0 Å². The highest BCUT2D eigenvalue weighted by molar-refractivity contribution is 9.10. The lowest BCUT2D eigenvalue weighted by atomic mass is 9.93. The smallest absolute Gasteiger partial charge is 0.303 e. The standard InChI is InChI=1S/C15H18BrNO3/c16-13-5-1-4-12(9-13)15(20)17-8-2-3-11(10-17)6-7-14(18)19/h1,4-5,9,11H,2-3,6-8,10H2,(H,18,19)/t11-/m0/s1. The van der Waals surface area contributed by atoms with E-state index in [1.807, 2.05) is 29.2 Å². The van der Waals surface area contributed by atoms with Crippen molar-refractivity contribution >= 4 is 27.8 Å². The van der Waals surface area contributed by atoms with Crippen LogP contribution in [0.25, 0.3) is 0 Å². The van der Waals surface area contributed by atoms with Crippen LogP contribution in [0.3, 0.4) is 0 Å². The number of carbonyl (C=O) groups excluding carboxylic acids is 1. The highest BCUT2D eigenvalue weighted by Crippen LogP contribution is 2.23. The van der Waals surface area contributed by atoms with Gasteiger partial charge in [-0.2, -0.15) is 0 Å². The van der Waals surface area contributed by atoms with Crippen LogP contribution in [0.5, 0.6) is 0 Å². The Morgan fingerprint density at radius 2 is 2.20 bits per heavy atom.